The molecule has 0 saturated carbocycles. The Hall–Kier alpha value is -2.20. The predicted molar refractivity (Wildman–Crippen MR) is 95.7 cm³/mol. The van der Waals surface area contributed by atoms with Gasteiger partial charge in [0.1, 0.15) is 11.5 Å². The van der Waals surface area contributed by atoms with Gasteiger partial charge in [0.2, 0.25) is 0 Å². The molecule has 0 fully saturated rings. The normalized spacial score (nSPS) is 13.0. The van der Waals surface area contributed by atoms with E-state index in [0.717, 1.165) is 11.3 Å². The van der Waals surface area contributed by atoms with Crippen LogP contribution in [-0.4, -0.2) is 18.6 Å². The van der Waals surface area contributed by atoms with Crippen LogP contribution in [0.15, 0.2) is 48.5 Å². The highest BCUT2D eigenvalue weighted by Crippen LogP contribution is 2.20. The summed E-state index contributed by atoms with van der Waals surface area (Å²) in [5, 5.41) is 3.52. The van der Waals surface area contributed by atoms with Crippen LogP contribution in [0.4, 0.5) is 0 Å². The van der Waals surface area contributed by atoms with Gasteiger partial charge in [-0.15, -0.1) is 0 Å². The van der Waals surface area contributed by atoms with Crippen LogP contribution in [0.2, 0.25) is 5.02 Å². The number of nitrogens with one attached hydrogen (secondary N) is 1. The Balaban J connectivity index is 1.92. The van der Waals surface area contributed by atoms with Crippen LogP contribution in [0.25, 0.3) is 0 Å². The molecule has 0 bridgehead atoms. The highest BCUT2D eigenvalue weighted by Gasteiger charge is 2.18. The van der Waals surface area contributed by atoms with Gasteiger partial charge in [-0.3, -0.25) is 4.79 Å². The van der Waals surface area contributed by atoms with Crippen molar-refractivity contribution in [1.82, 2.24) is 5.32 Å². The van der Waals surface area contributed by atoms with E-state index in [9.17, 15) is 4.79 Å². The van der Waals surface area contributed by atoms with Crippen molar-refractivity contribution in [2.75, 3.05) is 6.61 Å². The summed E-state index contributed by atoms with van der Waals surface area (Å²) in [5.41, 5.74) is 1.00. The average Bonchev–Trinajstić information content (AvgIpc) is 2.55. The van der Waals surface area contributed by atoms with Crippen LogP contribution < -0.4 is 14.8 Å². The SMILES string of the molecule is CCOc1ccc([C@H](C)NC(=O)[C@H](C)Oc2cccc(Cl)c2)cc1. The second-order valence-corrected chi connectivity index (χ2v) is 5.89. The van der Waals surface area contributed by atoms with Crippen molar-refractivity contribution in [3.63, 3.8) is 0 Å². The number of carbonyl (C=O) groups excluding carboxylic acids is 1. The Morgan fingerprint density at radius 2 is 1.83 bits per heavy atom. The Kier molecular flexibility index (Phi) is 6.50. The number of benzene rings is 2. The van der Waals surface area contributed by atoms with Gasteiger partial charge >= 0.3 is 0 Å². The molecule has 0 aliphatic heterocycles. The summed E-state index contributed by atoms with van der Waals surface area (Å²) in [6.07, 6.45) is -0.617. The van der Waals surface area contributed by atoms with E-state index in [1.165, 1.54) is 0 Å². The number of amides is 1. The molecule has 0 unspecified atom stereocenters. The molecule has 0 heterocycles. The van der Waals surface area contributed by atoms with Gasteiger partial charge in [0, 0.05) is 5.02 Å². The summed E-state index contributed by atoms with van der Waals surface area (Å²) in [6, 6.07) is 14.5. The maximum absolute atomic E-state index is 12.3. The van der Waals surface area contributed by atoms with Crippen molar-refractivity contribution >= 4 is 17.5 Å². The highest BCUT2D eigenvalue weighted by molar-refractivity contribution is 6.30. The van der Waals surface area contributed by atoms with E-state index in [-0.39, 0.29) is 11.9 Å². The van der Waals surface area contributed by atoms with Gasteiger partial charge in [0.25, 0.3) is 5.91 Å². The quantitative estimate of drug-likeness (QED) is 0.808. The number of hydrogen-bond acceptors (Lipinski definition) is 3. The number of hydrogen-bond donors (Lipinski definition) is 1. The number of ether oxygens (including phenoxy) is 2. The van der Waals surface area contributed by atoms with Crippen molar-refractivity contribution in [1.29, 1.82) is 0 Å². The molecular formula is C19H22ClNO3. The summed E-state index contributed by atoms with van der Waals surface area (Å²) in [6.45, 7) is 6.21. The van der Waals surface area contributed by atoms with E-state index in [1.54, 1.807) is 31.2 Å². The molecule has 24 heavy (non-hydrogen) atoms. The second kappa shape index (κ2) is 8.60. The lowest BCUT2D eigenvalue weighted by Gasteiger charge is -2.19. The zero-order chi connectivity index (χ0) is 17.5. The highest BCUT2D eigenvalue weighted by atomic mass is 35.5. The monoisotopic (exact) mass is 347 g/mol. The van der Waals surface area contributed by atoms with E-state index in [2.05, 4.69) is 5.32 Å². The minimum Gasteiger partial charge on any atom is -0.494 e. The van der Waals surface area contributed by atoms with E-state index >= 15 is 0 Å². The maximum Gasteiger partial charge on any atom is 0.261 e. The first kappa shape index (κ1) is 18.1. The lowest BCUT2D eigenvalue weighted by atomic mass is 10.1. The van der Waals surface area contributed by atoms with Crippen LogP contribution in [0.1, 0.15) is 32.4 Å². The third kappa shape index (κ3) is 5.17. The van der Waals surface area contributed by atoms with Crippen molar-refractivity contribution in [2.45, 2.75) is 32.9 Å². The second-order valence-electron chi connectivity index (χ2n) is 5.45. The van der Waals surface area contributed by atoms with Crippen LogP contribution >= 0.6 is 11.6 Å². The smallest absolute Gasteiger partial charge is 0.261 e. The molecular weight excluding hydrogens is 326 g/mol. The summed E-state index contributed by atoms with van der Waals surface area (Å²) in [7, 11) is 0. The fourth-order valence-corrected chi connectivity index (χ4v) is 2.41. The minimum absolute atomic E-state index is 0.126. The Morgan fingerprint density at radius 1 is 1.12 bits per heavy atom. The third-order valence-corrected chi connectivity index (χ3v) is 3.76. The van der Waals surface area contributed by atoms with Crippen LogP contribution in [0.5, 0.6) is 11.5 Å². The molecule has 2 aromatic rings. The van der Waals surface area contributed by atoms with Crippen LogP contribution in [0.3, 0.4) is 0 Å². The molecule has 128 valence electrons. The molecule has 0 spiro atoms. The lowest BCUT2D eigenvalue weighted by Crippen LogP contribution is -2.37. The molecule has 0 radical (unpaired) electrons. The van der Waals surface area contributed by atoms with Gasteiger partial charge in [-0.1, -0.05) is 29.8 Å². The first-order valence-electron chi connectivity index (χ1n) is 7.95. The minimum atomic E-state index is -0.617. The Labute approximate surface area is 147 Å². The summed E-state index contributed by atoms with van der Waals surface area (Å²) >= 11 is 5.92. The molecule has 5 heteroatoms. The van der Waals surface area contributed by atoms with Gasteiger partial charge in [0.05, 0.1) is 12.6 Å². The molecule has 0 aliphatic rings. The molecule has 0 saturated heterocycles. The van der Waals surface area contributed by atoms with Crippen molar-refractivity contribution in [3.8, 4) is 11.5 Å². The third-order valence-electron chi connectivity index (χ3n) is 3.53. The van der Waals surface area contributed by atoms with Crippen LogP contribution in [0, 0.1) is 0 Å². The first-order chi connectivity index (χ1) is 11.5. The zero-order valence-corrected chi connectivity index (χ0v) is 14.8. The van der Waals surface area contributed by atoms with Crippen molar-refractivity contribution in [2.24, 2.45) is 0 Å². The van der Waals surface area contributed by atoms with E-state index in [1.807, 2.05) is 38.1 Å². The number of halogens is 1. The fraction of sp³-hybridized carbons (Fsp3) is 0.316. The number of rotatable bonds is 7. The van der Waals surface area contributed by atoms with Crippen LogP contribution in [-0.2, 0) is 4.79 Å². The van der Waals surface area contributed by atoms with Gasteiger partial charge in [-0.2, -0.15) is 0 Å². The Bertz CT molecular complexity index is 673. The van der Waals surface area contributed by atoms with Gasteiger partial charge in [-0.25, -0.2) is 0 Å². The largest absolute Gasteiger partial charge is 0.494 e. The van der Waals surface area contributed by atoms with Crippen molar-refractivity contribution < 1.29 is 14.3 Å². The molecule has 4 nitrogen and oxygen atoms in total. The van der Waals surface area contributed by atoms with E-state index < -0.39 is 6.10 Å². The zero-order valence-electron chi connectivity index (χ0n) is 14.1. The first-order valence-corrected chi connectivity index (χ1v) is 8.32. The van der Waals surface area contributed by atoms with E-state index in [0.29, 0.717) is 17.4 Å². The lowest BCUT2D eigenvalue weighted by molar-refractivity contribution is -0.127. The molecule has 2 aromatic carbocycles. The fourth-order valence-electron chi connectivity index (χ4n) is 2.23. The molecule has 0 aliphatic carbocycles. The maximum atomic E-state index is 12.3. The molecule has 2 atom stereocenters. The summed E-state index contributed by atoms with van der Waals surface area (Å²) < 4.78 is 11.0. The molecule has 1 N–H and O–H groups in total. The summed E-state index contributed by atoms with van der Waals surface area (Å²) in [4.78, 5) is 12.3. The average molecular weight is 348 g/mol. The topological polar surface area (TPSA) is 47.6 Å². The predicted octanol–water partition coefficient (Wildman–Crippen LogP) is 4.38. The molecule has 0 aromatic heterocycles. The standard InChI is InChI=1S/C19H22ClNO3/c1-4-23-17-10-8-15(9-11-17)13(2)21-19(22)14(3)24-18-7-5-6-16(20)12-18/h5-14H,4H2,1-3H3,(H,21,22)/t13-,14-/m0/s1. The molecule has 2 rings (SSSR count). The van der Waals surface area contributed by atoms with Gasteiger partial charge in [0.15, 0.2) is 6.10 Å². The van der Waals surface area contributed by atoms with Gasteiger partial charge in [-0.05, 0) is 56.7 Å². The molecule has 1 amide bonds. The van der Waals surface area contributed by atoms with Gasteiger partial charge < -0.3 is 14.8 Å². The van der Waals surface area contributed by atoms with Crippen molar-refractivity contribution in [3.05, 3.63) is 59.1 Å². The van der Waals surface area contributed by atoms with E-state index in [4.69, 9.17) is 21.1 Å². The summed E-state index contributed by atoms with van der Waals surface area (Å²) in [5.74, 6) is 1.20. The Morgan fingerprint density at radius 3 is 2.46 bits per heavy atom. The number of carbonyl (C=O) groups is 1.